The molecule has 0 aromatic heterocycles. The van der Waals surface area contributed by atoms with Gasteiger partial charge in [-0.05, 0) is 44.1 Å². The third kappa shape index (κ3) is 12.4. The molecule has 0 heterocycles. The molecule has 2 aromatic carbocycles. The molecule has 0 spiro atoms. The molecule has 0 bridgehead atoms. The maximum absolute atomic E-state index is 11.0. The Morgan fingerprint density at radius 1 is 0.656 bits per heavy atom. The molecule has 0 aliphatic heterocycles. The third-order valence-electron chi connectivity index (χ3n) is 6.26. The molecule has 5 heteroatoms. The van der Waals surface area contributed by atoms with E-state index in [1.807, 2.05) is 6.07 Å². The number of nitrogens with zero attached hydrogens (tertiary/aromatic N) is 1. The summed E-state index contributed by atoms with van der Waals surface area (Å²) in [6.07, 6.45) is 11.5. The van der Waals surface area contributed by atoms with Gasteiger partial charge in [0, 0.05) is 5.56 Å². The summed E-state index contributed by atoms with van der Waals surface area (Å²) in [5.41, 5.74) is 2.77. The predicted octanol–water partition coefficient (Wildman–Crippen LogP) is 6.27. The van der Waals surface area contributed by atoms with Crippen LogP contribution >= 0.6 is 0 Å². The van der Waals surface area contributed by atoms with Crippen LogP contribution in [0, 0.1) is 0 Å². The molecule has 1 unspecified atom stereocenters. The van der Waals surface area contributed by atoms with Gasteiger partial charge in [0.15, 0.2) is 0 Å². The van der Waals surface area contributed by atoms with Crippen molar-refractivity contribution in [2.45, 2.75) is 70.8 Å². The molecule has 32 heavy (non-hydrogen) atoms. The molecule has 1 atom stereocenters. The van der Waals surface area contributed by atoms with Crippen LogP contribution in [0.4, 0.5) is 0 Å². The second kappa shape index (κ2) is 14.5. The molecule has 0 amide bonds. The van der Waals surface area contributed by atoms with Crippen molar-refractivity contribution in [3.8, 4) is 0 Å². The highest BCUT2D eigenvalue weighted by Gasteiger charge is 2.21. The minimum Gasteiger partial charge on any atom is -0.322 e. The molecule has 0 fully saturated rings. The Balaban J connectivity index is 1.65. The fraction of sp³-hybridized carbons (Fsp3) is 0.556. The molecule has 0 aliphatic rings. The van der Waals surface area contributed by atoms with Gasteiger partial charge in [-0.2, -0.15) is 8.42 Å². The summed E-state index contributed by atoms with van der Waals surface area (Å²) >= 11 is 0. The largest absolute Gasteiger partial charge is 0.322 e. The number of quaternary nitrogens is 1. The summed E-state index contributed by atoms with van der Waals surface area (Å²) in [4.78, 5) is 0. The van der Waals surface area contributed by atoms with Crippen LogP contribution in [-0.2, 0) is 23.1 Å². The van der Waals surface area contributed by atoms with Crippen molar-refractivity contribution in [2.75, 3.05) is 25.9 Å². The van der Waals surface area contributed by atoms with Crippen LogP contribution in [0.15, 0.2) is 60.7 Å². The topological polar surface area (TPSA) is 54.4 Å². The Bertz CT molecular complexity index is 840. The highest BCUT2D eigenvalue weighted by atomic mass is 32.2. The van der Waals surface area contributed by atoms with Crippen molar-refractivity contribution < 1.29 is 17.5 Å². The van der Waals surface area contributed by atoms with Crippen LogP contribution in [0.25, 0.3) is 0 Å². The van der Waals surface area contributed by atoms with E-state index in [2.05, 4.69) is 61.6 Å². The molecule has 1 N–H and O–H groups in total. The second-order valence-corrected chi connectivity index (χ2v) is 11.0. The van der Waals surface area contributed by atoms with Crippen LogP contribution in [0.5, 0.6) is 0 Å². The summed E-state index contributed by atoms with van der Waals surface area (Å²) in [5, 5.41) is 0. The molecular weight excluding hydrogens is 418 g/mol. The van der Waals surface area contributed by atoms with E-state index >= 15 is 0 Å². The zero-order valence-electron chi connectivity index (χ0n) is 19.8. The van der Waals surface area contributed by atoms with E-state index in [0.29, 0.717) is 6.42 Å². The lowest BCUT2D eigenvalue weighted by Gasteiger charge is -2.35. The van der Waals surface area contributed by atoms with Gasteiger partial charge in [-0.25, -0.2) is 0 Å². The van der Waals surface area contributed by atoms with E-state index in [0.717, 1.165) is 30.5 Å². The Morgan fingerprint density at radius 3 is 1.69 bits per heavy atom. The van der Waals surface area contributed by atoms with Crippen LogP contribution in [-0.4, -0.2) is 43.3 Å². The minimum atomic E-state index is -3.86. The van der Waals surface area contributed by atoms with E-state index in [1.165, 1.54) is 62.5 Å². The maximum Gasteiger partial charge on any atom is 0.264 e. The summed E-state index contributed by atoms with van der Waals surface area (Å²) in [6, 6.07) is 21.3. The smallest absolute Gasteiger partial charge is 0.264 e. The lowest BCUT2D eigenvalue weighted by atomic mass is 10.0. The van der Waals surface area contributed by atoms with Crippen molar-refractivity contribution in [1.29, 1.82) is 0 Å². The Kier molecular flexibility index (Phi) is 12.0. The third-order valence-corrected chi connectivity index (χ3v) is 7.07. The minimum absolute atomic E-state index is 0.136. The molecule has 2 aromatic rings. The quantitative estimate of drug-likeness (QED) is 0.172. The van der Waals surface area contributed by atoms with Crippen molar-refractivity contribution in [3.63, 3.8) is 0 Å². The van der Waals surface area contributed by atoms with E-state index in [-0.39, 0.29) is 5.75 Å². The molecule has 0 radical (unpaired) electrons. The predicted molar refractivity (Wildman–Crippen MR) is 134 cm³/mol. The fourth-order valence-electron chi connectivity index (χ4n) is 4.42. The van der Waals surface area contributed by atoms with Gasteiger partial charge in [-0.15, -0.1) is 0 Å². The summed E-state index contributed by atoms with van der Waals surface area (Å²) < 4.78 is 31.9. The lowest BCUT2D eigenvalue weighted by molar-refractivity contribution is -0.923. The molecule has 178 valence electrons. The SMILES string of the molecule is C[N+](CCCCCCCCCc1ccccc1)(CCCCS(=O)(=O)O)Cc1ccccc1. The first kappa shape index (κ1) is 26.6. The van der Waals surface area contributed by atoms with Crippen molar-refractivity contribution in [1.82, 2.24) is 0 Å². The van der Waals surface area contributed by atoms with Gasteiger partial charge in [0.05, 0.1) is 25.9 Å². The van der Waals surface area contributed by atoms with Crippen LogP contribution in [0.2, 0.25) is 0 Å². The second-order valence-electron chi connectivity index (χ2n) is 9.41. The first-order valence-corrected chi connectivity index (χ1v) is 13.8. The maximum atomic E-state index is 11.0. The Labute approximate surface area is 196 Å². The van der Waals surface area contributed by atoms with E-state index < -0.39 is 10.1 Å². The number of benzene rings is 2. The lowest BCUT2D eigenvalue weighted by Crippen LogP contribution is -2.44. The number of aryl methyl sites for hydroxylation is 1. The van der Waals surface area contributed by atoms with E-state index in [9.17, 15) is 8.42 Å². The average Bonchev–Trinajstić information content (AvgIpc) is 2.76. The Morgan fingerprint density at radius 2 is 1.12 bits per heavy atom. The highest BCUT2D eigenvalue weighted by Crippen LogP contribution is 2.17. The zero-order chi connectivity index (χ0) is 23.1. The van der Waals surface area contributed by atoms with Crippen LogP contribution in [0.1, 0.15) is 68.9 Å². The van der Waals surface area contributed by atoms with Crippen LogP contribution < -0.4 is 0 Å². The first-order chi connectivity index (χ1) is 15.4. The van der Waals surface area contributed by atoms with Crippen molar-refractivity contribution >= 4 is 10.1 Å². The summed E-state index contributed by atoms with van der Waals surface area (Å²) in [5.74, 6) is -0.136. The van der Waals surface area contributed by atoms with E-state index in [1.54, 1.807) is 0 Å². The normalized spacial score (nSPS) is 13.7. The van der Waals surface area contributed by atoms with Gasteiger partial charge in [0.1, 0.15) is 6.54 Å². The molecule has 4 nitrogen and oxygen atoms in total. The molecule has 0 saturated carbocycles. The summed E-state index contributed by atoms with van der Waals surface area (Å²) in [6.45, 7) is 3.00. The number of unbranched alkanes of at least 4 members (excludes halogenated alkanes) is 7. The Hall–Kier alpha value is -1.69. The van der Waals surface area contributed by atoms with Gasteiger partial charge in [0.25, 0.3) is 10.1 Å². The number of hydrogen-bond acceptors (Lipinski definition) is 2. The van der Waals surface area contributed by atoms with Gasteiger partial charge >= 0.3 is 0 Å². The summed E-state index contributed by atoms with van der Waals surface area (Å²) in [7, 11) is -1.58. The fourth-order valence-corrected chi connectivity index (χ4v) is 4.99. The molecular formula is C27H42NO3S+. The van der Waals surface area contributed by atoms with Crippen molar-refractivity contribution in [3.05, 3.63) is 71.8 Å². The van der Waals surface area contributed by atoms with Crippen LogP contribution in [0.3, 0.4) is 0 Å². The molecule has 0 aliphatic carbocycles. The van der Waals surface area contributed by atoms with Gasteiger partial charge in [-0.3, -0.25) is 4.55 Å². The zero-order valence-corrected chi connectivity index (χ0v) is 20.6. The first-order valence-electron chi connectivity index (χ1n) is 12.2. The van der Waals surface area contributed by atoms with Gasteiger partial charge < -0.3 is 4.48 Å². The monoisotopic (exact) mass is 460 g/mol. The van der Waals surface area contributed by atoms with Gasteiger partial charge in [0.2, 0.25) is 0 Å². The van der Waals surface area contributed by atoms with Crippen molar-refractivity contribution in [2.24, 2.45) is 0 Å². The molecule has 2 rings (SSSR count). The number of hydrogen-bond donors (Lipinski definition) is 1. The van der Waals surface area contributed by atoms with E-state index in [4.69, 9.17) is 4.55 Å². The molecule has 0 saturated heterocycles. The number of rotatable bonds is 17. The highest BCUT2D eigenvalue weighted by molar-refractivity contribution is 7.85. The standard InChI is InChI=1S/C27H41NO3S/c1-28(23-15-16-24-32(29,30)31,25-27-20-12-8-13-21-27)22-14-6-4-2-3-5-9-17-26-18-10-7-11-19-26/h7-8,10-13,18-21H,2-6,9,14-17,22-25H2,1H3/p+1. The van der Waals surface area contributed by atoms with Gasteiger partial charge in [-0.1, -0.05) is 86.3 Å². The average molecular weight is 461 g/mol.